The first-order valence-corrected chi connectivity index (χ1v) is 14.8. The number of halogens is 1. The molecule has 0 aliphatic carbocycles. The van der Waals surface area contributed by atoms with Crippen molar-refractivity contribution in [1.82, 2.24) is 9.97 Å². The summed E-state index contributed by atoms with van der Waals surface area (Å²) >= 11 is 6.39. The molecule has 37 heavy (non-hydrogen) atoms. The molecule has 0 spiro atoms. The lowest BCUT2D eigenvalue weighted by Gasteiger charge is -2.24. The second kappa shape index (κ2) is 10.9. The van der Waals surface area contributed by atoms with Gasteiger partial charge in [0.15, 0.2) is 5.82 Å². The number of para-hydroxylation sites is 1. The Morgan fingerprint density at radius 3 is 2.65 bits per heavy atom. The molecule has 1 amide bonds. The van der Waals surface area contributed by atoms with E-state index in [2.05, 4.69) is 37.4 Å². The molecule has 1 atom stereocenters. The highest BCUT2D eigenvalue weighted by atomic mass is 35.5. The molecular weight excluding hydrogens is 509 g/mol. The third-order valence-corrected chi connectivity index (χ3v) is 7.91. The molecule has 5 N–H and O–H groups in total. The number of nitrogens with zero attached hydrogens (tertiary/aromatic N) is 3. The summed E-state index contributed by atoms with van der Waals surface area (Å²) in [6, 6.07) is 11.3. The first-order valence-electron chi connectivity index (χ1n) is 11.8. The number of aromatic nitrogens is 2. The van der Waals surface area contributed by atoms with Crippen LogP contribution in [-0.4, -0.2) is 48.3 Å². The molecule has 2 aromatic carbocycles. The van der Waals surface area contributed by atoms with Crippen molar-refractivity contribution in [2.24, 2.45) is 5.73 Å². The van der Waals surface area contributed by atoms with Crippen molar-refractivity contribution in [3.8, 4) is 0 Å². The fourth-order valence-electron chi connectivity index (χ4n) is 4.19. The molecule has 1 aliphatic heterocycles. The second-order valence-electron chi connectivity index (χ2n) is 9.38. The van der Waals surface area contributed by atoms with Gasteiger partial charge in [-0.15, -0.1) is 0 Å². The van der Waals surface area contributed by atoms with Gasteiger partial charge >= 0.3 is 0 Å². The van der Waals surface area contributed by atoms with Crippen LogP contribution in [-0.2, 0) is 9.36 Å². The Bertz CT molecular complexity index is 1390. The quantitative estimate of drug-likeness (QED) is 0.237. The van der Waals surface area contributed by atoms with Crippen LogP contribution in [0.3, 0.4) is 0 Å². The van der Waals surface area contributed by atoms with E-state index in [9.17, 15) is 9.36 Å². The van der Waals surface area contributed by atoms with E-state index in [-0.39, 0.29) is 11.9 Å². The predicted octanol–water partition coefficient (Wildman–Crippen LogP) is 4.84. The van der Waals surface area contributed by atoms with E-state index >= 15 is 0 Å². The molecule has 4 rings (SSSR count). The highest BCUT2D eigenvalue weighted by molar-refractivity contribution is 7.70. The second-order valence-corrected chi connectivity index (χ2v) is 13.0. The Kier molecular flexibility index (Phi) is 7.87. The van der Waals surface area contributed by atoms with Crippen molar-refractivity contribution in [3.63, 3.8) is 0 Å². The largest absolute Gasteiger partial charge is 0.368 e. The maximum absolute atomic E-state index is 12.8. The lowest BCUT2D eigenvalue weighted by molar-refractivity contribution is -0.111. The first-order chi connectivity index (χ1) is 17.5. The zero-order valence-electron chi connectivity index (χ0n) is 21.1. The number of nitrogens with two attached hydrogens (primary N) is 1. The van der Waals surface area contributed by atoms with E-state index in [1.165, 1.54) is 12.3 Å². The van der Waals surface area contributed by atoms with Crippen molar-refractivity contribution in [2.45, 2.75) is 19.4 Å². The van der Waals surface area contributed by atoms with Crippen molar-refractivity contribution >= 4 is 64.5 Å². The fourth-order valence-corrected chi connectivity index (χ4v) is 5.48. The van der Waals surface area contributed by atoms with Crippen molar-refractivity contribution < 1.29 is 9.36 Å². The molecule has 9 nitrogen and oxygen atoms in total. The summed E-state index contributed by atoms with van der Waals surface area (Å²) < 4.78 is 12.8. The summed E-state index contributed by atoms with van der Waals surface area (Å²) in [6.07, 6.45) is 3.61. The van der Waals surface area contributed by atoms with Crippen LogP contribution in [0.25, 0.3) is 0 Å². The van der Waals surface area contributed by atoms with Crippen LogP contribution in [0.2, 0.25) is 5.02 Å². The van der Waals surface area contributed by atoms with Crippen LogP contribution in [0.5, 0.6) is 0 Å². The van der Waals surface area contributed by atoms with Gasteiger partial charge in [-0.05, 0) is 62.6 Å². The highest BCUT2D eigenvalue weighted by Crippen LogP contribution is 2.39. The average molecular weight is 540 g/mol. The van der Waals surface area contributed by atoms with Crippen LogP contribution in [0.1, 0.15) is 12.0 Å². The van der Waals surface area contributed by atoms with Gasteiger partial charge in [0.25, 0.3) is 0 Å². The molecule has 1 aliphatic rings. The minimum Gasteiger partial charge on any atom is -0.368 e. The number of aryl methyl sites for hydroxylation is 1. The van der Waals surface area contributed by atoms with Crippen molar-refractivity contribution in [2.75, 3.05) is 47.3 Å². The Labute approximate surface area is 221 Å². The molecule has 0 bridgehead atoms. The minimum atomic E-state index is -2.54. The number of hydrogen-bond acceptors (Lipinski definition) is 8. The predicted molar refractivity (Wildman–Crippen MR) is 154 cm³/mol. The highest BCUT2D eigenvalue weighted by Gasteiger charge is 2.23. The number of rotatable bonds is 8. The molecule has 0 saturated carbocycles. The molecule has 1 aromatic heterocycles. The van der Waals surface area contributed by atoms with Gasteiger partial charge < -0.3 is 31.1 Å². The standard InChI is InChI=1S/C26H31ClN7O2P/c1-5-24(35)30-21-13-20(16(2)12-22(21)34-11-10-17(28)15-34)32-26-29-14-18(27)25(33-26)31-19-8-6-7-9-23(19)37(3,4)36/h5-9,12-14,17H,1,10-11,15,28H2,2-4H3,(H,30,35)(H2,29,31,32,33). The van der Waals surface area contributed by atoms with Crippen LogP contribution in [0, 0.1) is 6.92 Å². The number of carbonyl (C=O) groups excluding carboxylic acids is 1. The third kappa shape index (κ3) is 6.31. The summed E-state index contributed by atoms with van der Waals surface area (Å²) in [5.74, 6) is 0.373. The molecule has 1 unspecified atom stereocenters. The van der Waals surface area contributed by atoms with Gasteiger partial charge in [0.05, 0.1) is 23.3 Å². The van der Waals surface area contributed by atoms with Gasteiger partial charge in [-0.3, -0.25) is 4.79 Å². The topological polar surface area (TPSA) is 125 Å². The van der Waals surface area contributed by atoms with E-state index in [0.717, 1.165) is 24.2 Å². The van der Waals surface area contributed by atoms with Gasteiger partial charge in [0.1, 0.15) is 12.2 Å². The number of nitrogens with one attached hydrogen (secondary N) is 3. The molecule has 0 radical (unpaired) electrons. The van der Waals surface area contributed by atoms with E-state index in [1.54, 1.807) is 13.3 Å². The van der Waals surface area contributed by atoms with Gasteiger partial charge in [-0.2, -0.15) is 4.98 Å². The van der Waals surface area contributed by atoms with E-state index in [1.807, 2.05) is 43.3 Å². The van der Waals surface area contributed by atoms with E-state index < -0.39 is 7.14 Å². The van der Waals surface area contributed by atoms with Crippen LogP contribution in [0.15, 0.2) is 55.3 Å². The van der Waals surface area contributed by atoms with Crippen molar-refractivity contribution in [3.05, 3.63) is 65.8 Å². The molecular formula is C26H31ClN7O2P. The van der Waals surface area contributed by atoms with Gasteiger partial charge in [0.2, 0.25) is 11.9 Å². The summed E-state index contributed by atoms with van der Waals surface area (Å²) in [6.45, 7) is 10.5. The Hall–Kier alpha value is -3.39. The number of hydrogen-bond donors (Lipinski definition) is 4. The van der Waals surface area contributed by atoms with Gasteiger partial charge in [-0.25, -0.2) is 4.98 Å². The Morgan fingerprint density at radius 1 is 1.22 bits per heavy atom. The molecule has 1 saturated heterocycles. The van der Waals surface area contributed by atoms with E-state index in [4.69, 9.17) is 17.3 Å². The van der Waals surface area contributed by atoms with Crippen LogP contribution < -0.4 is 31.9 Å². The number of benzene rings is 2. The number of anilines is 6. The summed E-state index contributed by atoms with van der Waals surface area (Å²) in [5.41, 5.74) is 9.96. The molecule has 3 aromatic rings. The van der Waals surface area contributed by atoms with Crippen molar-refractivity contribution in [1.29, 1.82) is 0 Å². The number of carbonyl (C=O) groups is 1. The molecule has 194 valence electrons. The zero-order chi connectivity index (χ0) is 26.7. The average Bonchev–Trinajstić information content (AvgIpc) is 3.28. The lowest BCUT2D eigenvalue weighted by Crippen LogP contribution is -2.27. The lowest BCUT2D eigenvalue weighted by atomic mass is 10.1. The molecule has 1 fully saturated rings. The smallest absolute Gasteiger partial charge is 0.247 e. The zero-order valence-corrected chi connectivity index (χ0v) is 22.7. The minimum absolute atomic E-state index is 0.0916. The summed E-state index contributed by atoms with van der Waals surface area (Å²) in [7, 11) is -2.54. The van der Waals surface area contributed by atoms with Crippen LogP contribution in [0.4, 0.5) is 34.5 Å². The maximum atomic E-state index is 12.8. The Morgan fingerprint density at radius 2 is 1.97 bits per heavy atom. The fraction of sp³-hybridized carbons (Fsp3) is 0.269. The molecule has 11 heteroatoms. The van der Waals surface area contributed by atoms with Crippen LogP contribution >= 0.6 is 18.7 Å². The van der Waals surface area contributed by atoms with Gasteiger partial charge in [0, 0.05) is 30.1 Å². The van der Waals surface area contributed by atoms with Gasteiger partial charge in [-0.1, -0.05) is 30.3 Å². The first kappa shape index (κ1) is 26.7. The SMILES string of the molecule is C=CC(=O)Nc1cc(Nc2ncc(Cl)c(Nc3ccccc3P(C)(C)=O)n2)c(C)cc1N1CCC(N)C1. The summed E-state index contributed by atoms with van der Waals surface area (Å²) in [5, 5.41) is 10.4. The van der Waals surface area contributed by atoms with E-state index in [0.29, 0.717) is 45.7 Å². The third-order valence-electron chi connectivity index (χ3n) is 6.08. The Balaban J connectivity index is 1.66. The monoisotopic (exact) mass is 539 g/mol. The normalized spacial score (nSPS) is 15.4. The summed E-state index contributed by atoms with van der Waals surface area (Å²) in [4.78, 5) is 23.2. The molecule has 2 heterocycles. The maximum Gasteiger partial charge on any atom is 0.247 e. The number of amides is 1.